The molecule has 2 aromatic carbocycles. The van der Waals surface area contributed by atoms with Crippen LogP contribution in [0, 0.1) is 0 Å². The van der Waals surface area contributed by atoms with Crippen LogP contribution in [0.3, 0.4) is 0 Å². The van der Waals surface area contributed by atoms with E-state index in [1.54, 1.807) is 6.07 Å². The number of alkyl halides is 1. The molecule has 0 heterocycles. The van der Waals surface area contributed by atoms with Crippen molar-refractivity contribution >= 4 is 34.8 Å². The van der Waals surface area contributed by atoms with Crippen LogP contribution >= 0.6 is 34.8 Å². The lowest BCUT2D eigenvalue weighted by Crippen LogP contribution is -1.95. The maximum Gasteiger partial charge on any atom is 0.0850 e. The summed E-state index contributed by atoms with van der Waals surface area (Å²) < 4.78 is 0. The van der Waals surface area contributed by atoms with Gasteiger partial charge in [0.1, 0.15) is 0 Å². The third-order valence-electron chi connectivity index (χ3n) is 2.94. The summed E-state index contributed by atoms with van der Waals surface area (Å²) in [4.78, 5) is 0. The molecular weight excluding hydrogens is 287 g/mol. The second kappa shape index (κ2) is 5.97. The molecule has 2 rings (SSSR count). The number of hydrogen-bond acceptors (Lipinski definition) is 0. The van der Waals surface area contributed by atoms with Crippen LogP contribution in [-0.2, 0) is 6.42 Å². The van der Waals surface area contributed by atoms with E-state index < -0.39 is 0 Å². The molecule has 94 valence electrons. The maximum atomic E-state index is 6.46. The molecule has 0 radical (unpaired) electrons. The average Bonchev–Trinajstić information content (AvgIpc) is 2.41. The summed E-state index contributed by atoms with van der Waals surface area (Å²) in [7, 11) is 0. The van der Waals surface area contributed by atoms with Crippen LogP contribution < -0.4 is 0 Å². The number of benzene rings is 2. The molecule has 3 heteroatoms. The van der Waals surface area contributed by atoms with E-state index in [1.165, 1.54) is 5.56 Å². The van der Waals surface area contributed by atoms with Gasteiger partial charge < -0.3 is 0 Å². The Morgan fingerprint density at radius 1 is 1.00 bits per heavy atom. The summed E-state index contributed by atoms with van der Waals surface area (Å²) in [6.07, 6.45) is 1.02. The van der Waals surface area contributed by atoms with Crippen LogP contribution in [0.2, 0.25) is 10.0 Å². The lowest BCUT2D eigenvalue weighted by molar-refractivity contribution is 1.10. The maximum absolute atomic E-state index is 6.46. The second-order valence-corrected chi connectivity index (χ2v) is 5.32. The standard InChI is InChI=1S/C15H13Cl3/c1-2-10-6-8-11(9-7-10)14(17)12-4-3-5-13(16)15(12)18/h3-9,14H,2H2,1H3. The molecule has 2 aromatic rings. The minimum Gasteiger partial charge on any atom is -0.113 e. The molecule has 0 aliphatic heterocycles. The zero-order chi connectivity index (χ0) is 13.1. The van der Waals surface area contributed by atoms with E-state index in [1.807, 2.05) is 24.3 Å². The molecule has 0 bridgehead atoms. The summed E-state index contributed by atoms with van der Waals surface area (Å²) in [6, 6.07) is 13.8. The van der Waals surface area contributed by atoms with E-state index >= 15 is 0 Å². The van der Waals surface area contributed by atoms with Gasteiger partial charge >= 0.3 is 0 Å². The van der Waals surface area contributed by atoms with E-state index in [0.29, 0.717) is 10.0 Å². The van der Waals surface area contributed by atoms with Crippen molar-refractivity contribution in [1.29, 1.82) is 0 Å². The van der Waals surface area contributed by atoms with Crippen molar-refractivity contribution in [2.45, 2.75) is 18.7 Å². The first kappa shape index (κ1) is 13.7. The first-order valence-corrected chi connectivity index (χ1v) is 6.99. The Kier molecular flexibility index (Phi) is 4.55. The van der Waals surface area contributed by atoms with E-state index in [9.17, 15) is 0 Å². The van der Waals surface area contributed by atoms with E-state index in [4.69, 9.17) is 34.8 Å². The van der Waals surface area contributed by atoms with Gasteiger partial charge in [-0.2, -0.15) is 0 Å². The molecule has 0 N–H and O–H groups in total. The molecule has 0 nitrogen and oxygen atoms in total. The lowest BCUT2D eigenvalue weighted by Gasteiger charge is -2.13. The number of hydrogen-bond donors (Lipinski definition) is 0. The van der Waals surface area contributed by atoms with Gasteiger partial charge in [-0.05, 0) is 29.2 Å². The molecule has 1 atom stereocenters. The van der Waals surface area contributed by atoms with Gasteiger partial charge in [0.05, 0.1) is 15.4 Å². The van der Waals surface area contributed by atoms with Crippen molar-refractivity contribution in [2.24, 2.45) is 0 Å². The Balaban J connectivity index is 2.35. The number of rotatable bonds is 3. The smallest absolute Gasteiger partial charge is 0.0850 e. The molecular formula is C15H13Cl3. The van der Waals surface area contributed by atoms with Crippen LogP contribution in [0.1, 0.15) is 29.0 Å². The quantitative estimate of drug-likeness (QED) is 0.620. The summed E-state index contributed by atoms with van der Waals surface area (Å²) >= 11 is 18.6. The summed E-state index contributed by atoms with van der Waals surface area (Å²) in [5, 5.41) is 0.783. The number of halogens is 3. The molecule has 1 unspecified atom stereocenters. The largest absolute Gasteiger partial charge is 0.113 e. The molecule has 0 fully saturated rings. The second-order valence-electron chi connectivity index (χ2n) is 4.10. The van der Waals surface area contributed by atoms with Gasteiger partial charge in [0, 0.05) is 0 Å². The highest BCUT2D eigenvalue weighted by molar-refractivity contribution is 6.43. The van der Waals surface area contributed by atoms with E-state index in [2.05, 4.69) is 19.1 Å². The Labute approximate surface area is 122 Å². The average molecular weight is 300 g/mol. The van der Waals surface area contributed by atoms with Crippen LogP contribution in [0.4, 0.5) is 0 Å². The molecule has 0 saturated carbocycles. The van der Waals surface area contributed by atoms with Gasteiger partial charge in [-0.15, -0.1) is 11.6 Å². The zero-order valence-corrected chi connectivity index (χ0v) is 12.2. The molecule has 0 amide bonds. The first-order chi connectivity index (χ1) is 8.63. The molecule has 0 aliphatic carbocycles. The summed E-state index contributed by atoms with van der Waals surface area (Å²) in [6.45, 7) is 2.13. The van der Waals surface area contributed by atoms with Crippen molar-refractivity contribution in [3.8, 4) is 0 Å². The Morgan fingerprint density at radius 3 is 2.28 bits per heavy atom. The van der Waals surface area contributed by atoms with E-state index in [-0.39, 0.29) is 5.38 Å². The van der Waals surface area contributed by atoms with Crippen molar-refractivity contribution < 1.29 is 0 Å². The van der Waals surface area contributed by atoms with Gasteiger partial charge in [0.15, 0.2) is 0 Å². The predicted molar refractivity (Wildman–Crippen MR) is 80.0 cm³/mol. The van der Waals surface area contributed by atoms with Crippen molar-refractivity contribution in [1.82, 2.24) is 0 Å². The van der Waals surface area contributed by atoms with E-state index in [0.717, 1.165) is 17.5 Å². The first-order valence-electron chi connectivity index (χ1n) is 5.80. The van der Waals surface area contributed by atoms with Gasteiger partial charge in [-0.1, -0.05) is 66.5 Å². The van der Waals surface area contributed by atoms with Gasteiger partial charge in [-0.25, -0.2) is 0 Å². The highest BCUT2D eigenvalue weighted by Crippen LogP contribution is 2.36. The van der Waals surface area contributed by atoms with Crippen LogP contribution in [0.25, 0.3) is 0 Å². The fourth-order valence-electron chi connectivity index (χ4n) is 1.82. The van der Waals surface area contributed by atoms with Crippen molar-refractivity contribution in [2.75, 3.05) is 0 Å². The van der Waals surface area contributed by atoms with Crippen LogP contribution in [0.5, 0.6) is 0 Å². The Morgan fingerprint density at radius 2 is 1.67 bits per heavy atom. The Bertz CT molecular complexity index is 532. The minimum atomic E-state index is -0.276. The van der Waals surface area contributed by atoms with Gasteiger partial charge in [0.2, 0.25) is 0 Å². The van der Waals surface area contributed by atoms with Crippen molar-refractivity contribution in [3.63, 3.8) is 0 Å². The lowest BCUT2D eigenvalue weighted by atomic mass is 10.0. The molecule has 0 spiro atoms. The van der Waals surface area contributed by atoms with Crippen LogP contribution in [0.15, 0.2) is 42.5 Å². The molecule has 0 saturated heterocycles. The van der Waals surface area contributed by atoms with Gasteiger partial charge in [0.25, 0.3) is 0 Å². The highest BCUT2D eigenvalue weighted by atomic mass is 35.5. The Hall–Kier alpha value is -0.690. The zero-order valence-electron chi connectivity index (χ0n) is 9.96. The molecule has 0 aromatic heterocycles. The van der Waals surface area contributed by atoms with Crippen molar-refractivity contribution in [3.05, 3.63) is 69.2 Å². The fraction of sp³-hybridized carbons (Fsp3) is 0.200. The predicted octanol–water partition coefficient (Wildman–Crippen LogP) is 5.88. The topological polar surface area (TPSA) is 0 Å². The molecule has 18 heavy (non-hydrogen) atoms. The highest BCUT2D eigenvalue weighted by Gasteiger charge is 2.15. The van der Waals surface area contributed by atoms with Crippen LogP contribution in [-0.4, -0.2) is 0 Å². The summed E-state index contributed by atoms with van der Waals surface area (Å²) in [5.41, 5.74) is 3.16. The molecule has 0 aliphatic rings. The third kappa shape index (κ3) is 2.83. The fourth-order valence-corrected chi connectivity index (χ4v) is 2.62. The van der Waals surface area contributed by atoms with Gasteiger partial charge in [-0.3, -0.25) is 0 Å². The number of aryl methyl sites for hydroxylation is 1. The SMILES string of the molecule is CCc1ccc(C(Cl)c2cccc(Cl)c2Cl)cc1. The minimum absolute atomic E-state index is 0.276. The third-order valence-corrected chi connectivity index (χ3v) is 4.26. The monoisotopic (exact) mass is 298 g/mol. The normalized spacial score (nSPS) is 12.4. The summed E-state index contributed by atoms with van der Waals surface area (Å²) in [5.74, 6) is 0.